The molecule has 33 heavy (non-hydrogen) atoms. The first-order valence-electron chi connectivity index (χ1n) is 10.9. The van der Waals surface area contributed by atoms with Crippen molar-refractivity contribution in [3.63, 3.8) is 0 Å². The van der Waals surface area contributed by atoms with E-state index in [0.29, 0.717) is 49.9 Å². The summed E-state index contributed by atoms with van der Waals surface area (Å²) in [4.78, 5) is 34.2. The normalized spacial score (nSPS) is 20.7. The summed E-state index contributed by atoms with van der Waals surface area (Å²) < 4.78 is 10.9. The van der Waals surface area contributed by atoms with Crippen LogP contribution < -0.4 is 4.74 Å². The molecule has 8 nitrogen and oxygen atoms in total. The third-order valence-electron chi connectivity index (χ3n) is 5.76. The van der Waals surface area contributed by atoms with Crippen LogP contribution in [0.25, 0.3) is 5.76 Å². The van der Waals surface area contributed by atoms with Crippen LogP contribution in [0.2, 0.25) is 0 Å². The number of hydrogen-bond donors (Lipinski definition) is 1. The minimum Gasteiger partial charge on any atom is -0.507 e. The Hall–Kier alpha value is -3.49. The number of morpholine rings is 1. The second-order valence-corrected chi connectivity index (χ2v) is 7.83. The van der Waals surface area contributed by atoms with Gasteiger partial charge in [-0.25, -0.2) is 0 Å². The molecule has 0 saturated carbocycles. The van der Waals surface area contributed by atoms with E-state index in [9.17, 15) is 14.7 Å². The predicted octanol–water partition coefficient (Wildman–Crippen LogP) is 2.40. The lowest BCUT2D eigenvalue weighted by molar-refractivity contribution is -0.140. The molecule has 3 heterocycles. The van der Waals surface area contributed by atoms with Gasteiger partial charge in [0.05, 0.1) is 24.5 Å². The first kappa shape index (κ1) is 22.7. The number of aromatic nitrogens is 1. The van der Waals surface area contributed by atoms with Gasteiger partial charge in [0.15, 0.2) is 0 Å². The SMILES string of the molecule is C=CCOc1ccc(C(O)=C2C(=O)C(=O)N(CCN3CCOCC3)C2c2ccccn2)cc1. The third kappa shape index (κ3) is 4.97. The molecule has 1 atom stereocenters. The van der Waals surface area contributed by atoms with Crippen LogP contribution in [-0.2, 0) is 14.3 Å². The summed E-state index contributed by atoms with van der Waals surface area (Å²) in [5.74, 6) is -0.963. The zero-order valence-corrected chi connectivity index (χ0v) is 18.4. The largest absolute Gasteiger partial charge is 0.507 e. The fourth-order valence-electron chi connectivity index (χ4n) is 4.05. The van der Waals surface area contributed by atoms with Gasteiger partial charge in [0.1, 0.15) is 24.2 Å². The molecule has 0 spiro atoms. The number of pyridine rings is 1. The molecule has 2 saturated heterocycles. The molecule has 1 N–H and O–H groups in total. The first-order valence-corrected chi connectivity index (χ1v) is 10.9. The van der Waals surface area contributed by atoms with E-state index in [0.717, 1.165) is 13.1 Å². The molecule has 2 aliphatic rings. The molecule has 172 valence electrons. The zero-order chi connectivity index (χ0) is 23.2. The molecule has 1 aromatic heterocycles. The third-order valence-corrected chi connectivity index (χ3v) is 5.76. The molecule has 2 fully saturated rings. The number of likely N-dealkylation sites (tertiary alicyclic amines) is 1. The number of rotatable bonds is 8. The Kier molecular flexibility index (Phi) is 7.16. The smallest absolute Gasteiger partial charge is 0.295 e. The molecule has 0 radical (unpaired) electrons. The molecule has 2 aromatic rings. The van der Waals surface area contributed by atoms with Crippen LogP contribution >= 0.6 is 0 Å². The van der Waals surface area contributed by atoms with Crippen molar-refractivity contribution in [3.05, 3.63) is 78.1 Å². The Morgan fingerprint density at radius 3 is 2.58 bits per heavy atom. The summed E-state index contributed by atoms with van der Waals surface area (Å²) in [6.45, 7) is 7.78. The quantitative estimate of drug-likeness (QED) is 0.286. The maximum Gasteiger partial charge on any atom is 0.295 e. The fraction of sp³-hybridized carbons (Fsp3) is 0.320. The van der Waals surface area contributed by atoms with Gasteiger partial charge in [-0.3, -0.25) is 19.5 Å². The number of ether oxygens (including phenoxy) is 2. The minimum atomic E-state index is -0.760. The van der Waals surface area contributed by atoms with Crippen LogP contribution in [0.5, 0.6) is 5.75 Å². The Balaban J connectivity index is 1.66. The van der Waals surface area contributed by atoms with E-state index in [1.54, 1.807) is 54.7 Å². The number of benzene rings is 1. The van der Waals surface area contributed by atoms with Gasteiger partial charge in [0.2, 0.25) is 0 Å². The van der Waals surface area contributed by atoms with Crippen molar-refractivity contribution in [1.29, 1.82) is 0 Å². The number of hydrogen-bond acceptors (Lipinski definition) is 7. The zero-order valence-electron chi connectivity index (χ0n) is 18.4. The molecule has 2 aliphatic heterocycles. The van der Waals surface area contributed by atoms with E-state index in [1.807, 2.05) is 0 Å². The number of aliphatic hydroxyl groups is 1. The highest BCUT2D eigenvalue weighted by molar-refractivity contribution is 6.46. The van der Waals surface area contributed by atoms with Gasteiger partial charge >= 0.3 is 0 Å². The molecule has 8 heteroatoms. The average Bonchev–Trinajstić information content (AvgIpc) is 3.12. The molecule has 0 aliphatic carbocycles. The van der Waals surface area contributed by atoms with E-state index in [1.165, 1.54) is 4.90 Å². The molecular formula is C25H27N3O5. The highest BCUT2D eigenvalue weighted by Crippen LogP contribution is 2.38. The van der Waals surface area contributed by atoms with Gasteiger partial charge in [-0.2, -0.15) is 0 Å². The Morgan fingerprint density at radius 1 is 1.15 bits per heavy atom. The summed E-state index contributed by atoms with van der Waals surface area (Å²) in [6.07, 6.45) is 3.25. The molecule has 1 unspecified atom stereocenters. The molecular weight excluding hydrogens is 422 g/mol. The van der Waals surface area contributed by atoms with Crippen molar-refractivity contribution in [1.82, 2.24) is 14.8 Å². The summed E-state index contributed by atoms with van der Waals surface area (Å²) in [6, 6.07) is 11.3. The summed E-state index contributed by atoms with van der Waals surface area (Å²) in [7, 11) is 0. The lowest BCUT2D eigenvalue weighted by Gasteiger charge is -2.30. The number of carbonyl (C=O) groups excluding carboxylic acids is 2. The maximum atomic E-state index is 13.1. The number of ketones is 1. The van der Waals surface area contributed by atoms with Crippen molar-refractivity contribution in [3.8, 4) is 5.75 Å². The van der Waals surface area contributed by atoms with Crippen LogP contribution in [0, 0.1) is 0 Å². The summed E-state index contributed by atoms with van der Waals surface area (Å²) in [5.41, 5.74) is 1.000. The Morgan fingerprint density at radius 2 is 1.91 bits per heavy atom. The van der Waals surface area contributed by atoms with Gasteiger partial charge in [-0.15, -0.1) is 0 Å². The summed E-state index contributed by atoms with van der Waals surface area (Å²) in [5, 5.41) is 11.1. The number of amides is 1. The van der Waals surface area contributed by atoms with E-state index >= 15 is 0 Å². The van der Waals surface area contributed by atoms with Crippen molar-refractivity contribution in [2.75, 3.05) is 46.0 Å². The van der Waals surface area contributed by atoms with E-state index in [-0.39, 0.29) is 11.3 Å². The predicted molar refractivity (Wildman–Crippen MR) is 123 cm³/mol. The maximum absolute atomic E-state index is 13.1. The standard InChI is InChI=1S/C25H27N3O5/c1-2-15-33-19-8-6-18(7-9-19)23(29)21-22(20-5-3-4-10-26-20)28(25(31)24(21)30)12-11-27-13-16-32-17-14-27/h2-10,22,29H,1,11-17H2. The summed E-state index contributed by atoms with van der Waals surface area (Å²) >= 11 is 0. The van der Waals surface area contributed by atoms with Crippen LogP contribution in [0.3, 0.4) is 0 Å². The van der Waals surface area contributed by atoms with Gasteiger partial charge in [0.25, 0.3) is 11.7 Å². The van der Waals surface area contributed by atoms with Crippen LogP contribution in [-0.4, -0.2) is 77.6 Å². The second-order valence-electron chi connectivity index (χ2n) is 7.83. The molecule has 0 bridgehead atoms. The van der Waals surface area contributed by atoms with Gasteiger partial charge in [-0.1, -0.05) is 18.7 Å². The topological polar surface area (TPSA) is 92.2 Å². The van der Waals surface area contributed by atoms with Crippen molar-refractivity contribution < 1.29 is 24.2 Å². The lowest BCUT2D eigenvalue weighted by atomic mass is 9.98. The van der Waals surface area contributed by atoms with Gasteiger partial charge < -0.3 is 19.5 Å². The molecule has 1 amide bonds. The van der Waals surface area contributed by atoms with E-state index < -0.39 is 17.7 Å². The van der Waals surface area contributed by atoms with Gasteiger partial charge in [0, 0.05) is 37.9 Å². The van der Waals surface area contributed by atoms with Crippen molar-refractivity contribution in [2.45, 2.75) is 6.04 Å². The van der Waals surface area contributed by atoms with Crippen LogP contribution in [0.1, 0.15) is 17.3 Å². The highest BCUT2D eigenvalue weighted by Gasteiger charge is 2.46. The van der Waals surface area contributed by atoms with Crippen LogP contribution in [0.15, 0.2) is 66.9 Å². The van der Waals surface area contributed by atoms with Crippen LogP contribution in [0.4, 0.5) is 0 Å². The van der Waals surface area contributed by atoms with Crippen molar-refractivity contribution in [2.24, 2.45) is 0 Å². The van der Waals surface area contributed by atoms with E-state index in [2.05, 4.69) is 16.5 Å². The number of nitrogens with zero attached hydrogens (tertiary/aromatic N) is 3. The average molecular weight is 450 g/mol. The molecule has 1 aromatic carbocycles. The van der Waals surface area contributed by atoms with Crippen molar-refractivity contribution >= 4 is 17.4 Å². The fourth-order valence-corrected chi connectivity index (χ4v) is 4.05. The number of Topliss-reactive ketones (excluding diaryl/α,β-unsaturated/α-hetero) is 1. The minimum absolute atomic E-state index is 0.0421. The number of aliphatic hydroxyl groups excluding tert-OH is 1. The first-order chi connectivity index (χ1) is 16.1. The highest BCUT2D eigenvalue weighted by atomic mass is 16.5. The monoisotopic (exact) mass is 449 g/mol. The second kappa shape index (κ2) is 10.4. The number of carbonyl (C=O) groups is 2. The van der Waals surface area contributed by atoms with Gasteiger partial charge in [-0.05, 0) is 36.4 Å². The van der Waals surface area contributed by atoms with E-state index in [4.69, 9.17) is 9.47 Å². The lowest BCUT2D eigenvalue weighted by Crippen LogP contribution is -2.42. The Bertz CT molecular complexity index is 1030. The Labute approximate surface area is 192 Å². The molecule has 4 rings (SSSR count).